The third-order valence-electron chi connectivity index (χ3n) is 6.19. The largest absolute Gasteiger partial charge is 0.399 e. The van der Waals surface area contributed by atoms with Crippen molar-refractivity contribution in [3.8, 4) is 0 Å². The van der Waals surface area contributed by atoms with Crippen LogP contribution in [0.2, 0.25) is 0 Å². The van der Waals surface area contributed by atoms with Crippen LogP contribution in [0.15, 0.2) is 40.4 Å². The Morgan fingerprint density at radius 3 is 2.77 bits per heavy atom. The zero-order valence-electron chi connectivity index (χ0n) is 23.3. The quantitative estimate of drug-likeness (QED) is 0.179. The van der Waals surface area contributed by atoms with Crippen molar-refractivity contribution in [1.29, 1.82) is 0 Å². The Hall–Kier alpha value is -1.96. The van der Waals surface area contributed by atoms with Gasteiger partial charge in [-0.1, -0.05) is 47.6 Å². The molecule has 2 bridgehead atoms. The van der Waals surface area contributed by atoms with E-state index >= 15 is 0 Å². The van der Waals surface area contributed by atoms with E-state index in [9.17, 15) is 14.7 Å². The predicted octanol–water partition coefficient (Wildman–Crippen LogP) is 4.71. The van der Waals surface area contributed by atoms with Gasteiger partial charge in [0.25, 0.3) is 0 Å². The summed E-state index contributed by atoms with van der Waals surface area (Å²) in [5.41, 5.74) is 0.265. The van der Waals surface area contributed by atoms with Gasteiger partial charge in [0, 0.05) is 18.9 Å². The number of fused-ring (bicyclic) bond motifs is 2. The van der Waals surface area contributed by atoms with E-state index in [2.05, 4.69) is 15.5 Å². The minimum atomic E-state index is -1.87. The average molecular weight is 598 g/mol. The molecule has 39 heavy (non-hydrogen) atoms. The number of thiol groups is 1. The zero-order valence-corrected chi connectivity index (χ0v) is 25.8. The lowest BCUT2D eigenvalue weighted by atomic mass is 9.81. The first-order chi connectivity index (χ1) is 18.5. The van der Waals surface area contributed by atoms with Gasteiger partial charge in [-0.25, -0.2) is 4.98 Å². The molecule has 1 aliphatic rings. The van der Waals surface area contributed by atoms with Crippen LogP contribution >= 0.6 is 35.7 Å². The van der Waals surface area contributed by atoms with Gasteiger partial charge in [-0.05, 0) is 51.5 Å². The number of allylic oxidation sites excluding steroid dienone is 3. The molecule has 0 fully saturated rings. The second kappa shape index (κ2) is 15.7. The molecule has 1 aromatic rings. The van der Waals surface area contributed by atoms with Crippen molar-refractivity contribution >= 4 is 58.5 Å². The number of methoxy groups -OCH3 is 1. The number of carbonyl (C=O) groups is 2. The number of nitrogens with zero attached hydrogens (tertiary/aromatic N) is 2. The smallest absolute Gasteiger partial charge is 0.222 e. The van der Waals surface area contributed by atoms with Crippen molar-refractivity contribution in [3.63, 3.8) is 0 Å². The fourth-order valence-corrected chi connectivity index (χ4v) is 5.82. The number of thioether (sulfide) groups is 1. The molecule has 0 spiro atoms. The summed E-state index contributed by atoms with van der Waals surface area (Å²) in [6, 6.07) is -0.358. The van der Waals surface area contributed by atoms with Gasteiger partial charge in [0.2, 0.25) is 11.0 Å². The first-order valence-corrected chi connectivity index (χ1v) is 14.9. The Morgan fingerprint density at radius 1 is 1.38 bits per heavy atom. The Kier molecular flexibility index (Phi) is 13.4. The maximum absolute atomic E-state index is 13.2. The molecule has 2 rings (SSSR count). The second-order valence-corrected chi connectivity index (χ2v) is 12.3. The lowest BCUT2D eigenvalue weighted by Crippen LogP contribution is -2.55. The second-order valence-electron chi connectivity index (χ2n) is 9.32. The number of nitrogens with one attached hydrogen (secondary N) is 1. The summed E-state index contributed by atoms with van der Waals surface area (Å²) in [6.45, 7) is 7.04. The molecule has 0 aliphatic carbocycles. The van der Waals surface area contributed by atoms with E-state index in [0.29, 0.717) is 17.9 Å². The number of amides is 1. The van der Waals surface area contributed by atoms with Gasteiger partial charge in [0.1, 0.15) is 36.3 Å². The number of hydrogen-bond donors (Lipinski definition) is 3. The summed E-state index contributed by atoms with van der Waals surface area (Å²) in [5, 5.41) is 20.7. The van der Waals surface area contributed by atoms with E-state index in [-0.39, 0.29) is 31.6 Å². The lowest BCUT2D eigenvalue weighted by Gasteiger charge is -2.40. The topological polar surface area (TPSA) is 119 Å². The minimum absolute atomic E-state index is 0.0226. The first kappa shape index (κ1) is 33.2. The van der Waals surface area contributed by atoms with Crippen LogP contribution in [0.5, 0.6) is 0 Å². The predicted molar refractivity (Wildman–Crippen MR) is 161 cm³/mol. The highest BCUT2D eigenvalue weighted by molar-refractivity contribution is 8.13. The van der Waals surface area contributed by atoms with E-state index in [4.69, 9.17) is 26.9 Å². The molecule has 216 valence electrons. The van der Waals surface area contributed by atoms with Crippen LogP contribution in [0, 0.1) is 0 Å². The highest BCUT2D eigenvalue weighted by atomic mass is 32.2. The number of carbonyl (C=O) groups excluding carboxylic acids is 2. The molecule has 0 saturated heterocycles. The number of oxime groups is 1. The maximum atomic E-state index is 13.2. The minimum Gasteiger partial charge on any atom is -0.399 e. The summed E-state index contributed by atoms with van der Waals surface area (Å²) < 4.78 is 9.63. The van der Waals surface area contributed by atoms with E-state index in [0.717, 1.165) is 28.0 Å². The van der Waals surface area contributed by atoms with Gasteiger partial charge in [-0.15, -0.1) is 11.3 Å². The number of ether oxygens (including phenoxy) is 2. The van der Waals surface area contributed by atoms with Crippen LogP contribution in [0.25, 0.3) is 6.08 Å². The van der Waals surface area contributed by atoms with Crippen LogP contribution < -0.4 is 5.32 Å². The van der Waals surface area contributed by atoms with E-state index in [1.807, 2.05) is 50.5 Å². The standard InChI is InChI=1S/C27H39N3O6S3/c1-7-38-25(32)26(4,33)27(37)13-12-18(2)14-22(36-17-34-5)21(30-35-6)11-9-8-10-20-16-39-24(29-20)19(3)28-23(31)15-27/h8-11,14,16,19,22,33,37H,7,12-13,15,17H2,1-6H3,(H,28,31)/b10-8-,11-9+,18-14+,30-21+/t19-,22-,26+,27-/m1/s1. The summed E-state index contributed by atoms with van der Waals surface area (Å²) in [5.74, 6) is 0.163. The van der Waals surface area contributed by atoms with Gasteiger partial charge in [0.05, 0.1) is 16.5 Å². The molecular weight excluding hydrogens is 559 g/mol. The third kappa shape index (κ3) is 9.58. The van der Waals surface area contributed by atoms with Crippen molar-refractivity contribution in [3.05, 3.63) is 46.0 Å². The van der Waals surface area contributed by atoms with Crippen LogP contribution in [0.3, 0.4) is 0 Å². The Labute approximate surface area is 244 Å². The van der Waals surface area contributed by atoms with Crippen molar-refractivity contribution < 1.29 is 29.0 Å². The SMILES string of the molecule is CCSC(=O)[C@](C)(O)[C@@]1(S)CC/C(C)=C/[C@@H](OCOC)C(=N/OC)/C=C/C=C\c2csc(n2)[C@@H](C)NC(=O)C1. The summed E-state index contributed by atoms with van der Waals surface area (Å²) in [6.07, 6.45) is 9.04. The molecule has 0 radical (unpaired) electrons. The fraction of sp³-hybridized carbons (Fsp3) is 0.556. The van der Waals surface area contributed by atoms with Gasteiger partial charge < -0.3 is 24.7 Å². The molecular formula is C27H39N3O6S3. The number of rotatable bonds is 7. The Bertz CT molecular complexity index is 1100. The normalized spacial score (nSPS) is 28.8. The molecule has 1 aliphatic heterocycles. The first-order valence-electron chi connectivity index (χ1n) is 12.6. The third-order valence-corrected chi connectivity index (χ3v) is 9.00. The summed E-state index contributed by atoms with van der Waals surface area (Å²) >= 11 is 7.26. The lowest BCUT2D eigenvalue weighted by molar-refractivity contribution is -0.132. The Balaban J connectivity index is 2.56. The highest BCUT2D eigenvalue weighted by Crippen LogP contribution is 2.41. The number of hydrogen-bond acceptors (Lipinski definition) is 11. The van der Waals surface area contributed by atoms with Crippen LogP contribution in [0.4, 0.5) is 0 Å². The number of thiazole rings is 1. The zero-order chi connectivity index (χ0) is 29.1. The summed E-state index contributed by atoms with van der Waals surface area (Å²) in [7, 11) is 2.98. The fourth-order valence-electron chi connectivity index (χ4n) is 3.86. The molecule has 2 heterocycles. The van der Waals surface area contributed by atoms with Crippen LogP contribution in [0.1, 0.15) is 63.7 Å². The molecule has 0 aromatic carbocycles. The summed E-state index contributed by atoms with van der Waals surface area (Å²) in [4.78, 5) is 35.8. The van der Waals surface area contributed by atoms with E-state index in [1.54, 1.807) is 6.08 Å². The van der Waals surface area contributed by atoms with Gasteiger partial charge >= 0.3 is 0 Å². The van der Waals surface area contributed by atoms with Gasteiger partial charge in [0.15, 0.2) is 0 Å². The molecule has 0 saturated carbocycles. The van der Waals surface area contributed by atoms with Crippen molar-refractivity contribution in [2.45, 2.75) is 69.5 Å². The molecule has 9 nitrogen and oxygen atoms in total. The van der Waals surface area contributed by atoms with Crippen molar-refractivity contribution in [1.82, 2.24) is 10.3 Å². The van der Waals surface area contributed by atoms with Crippen LogP contribution in [-0.4, -0.2) is 70.0 Å². The average Bonchev–Trinajstić information content (AvgIpc) is 3.36. The van der Waals surface area contributed by atoms with Crippen LogP contribution in [-0.2, 0) is 23.9 Å². The highest BCUT2D eigenvalue weighted by Gasteiger charge is 2.50. The maximum Gasteiger partial charge on any atom is 0.222 e. The van der Waals surface area contributed by atoms with Gasteiger partial charge in [-0.3, -0.25) is 9.59 Å². The van der Waals surface area contributed by atoms with E-state index < -0.39 is 21.6 Å². The molecule has 1 aromatic heterocycles. The molecule has 0 unspecified atom stereocenters. The molecule has 1 amide bonds. The number of aliphatic hydroxyl groups is 1. The van der Waals surface area contributed by atoms with Crippen molar-refractivity contribution in [2.24, 2.45) is 5.16 Å². The number of aromatic nitrogens is 1. The monoisotopic (exact) mass is 597 g/mol. The molecule has 12 heteroatoms. The molecule has 2 N–H and O–H groups in total. The Morgan fingerprint density at radius 2 is 2.10 bits per heavy atom. The molecule has 4 atom stereocenters. The van der Waals surface area contributed by atoms with Gasteiger partial charge in [-0.2, -0.15) is 12.6 Å². The van der Waals surface area contributed by atoms with Crippen molar-refractivity contribution in [2.75, 3.05) is 26.8 Å². The van der Waals surface area contributed by atoms with E-state index in [1.165, 1.54) is 32.5 Å².